The number of benzene rings is 4. The Morgan fingerprint density at radius 1 is 0.765 bits per heavy atom. The van der Waals surface area contributed by atoms with E-state index in [4.69, 9.17) is 4.74 Å². The average molecular weight is 451 g/mol. The summed E-state index contributed by atoms with van der Waals surface area (Å²) in [4.78, 5) is 27.2. The van der Waals surface area contributed by atoms with Crippen LogP contribution in [0.2, 0.25) is 0 Å². The molecule has 0 aliphatic heterocycles. The lowest BCUT2D eigenvalue weighted by atomic mass is 10.1. The Morgan fingerprint density at radius 3 is 2.15 bits per heavy atom. The molecule has 0 aliphatic carbocycles. The number of nitrogens with one attached hydrogen (secondary N) is 1. The molecule has 5 nitrogen and oxygen atoms in total. The Hall–Kier alpha value is -4.38. The number of para-hydroxylation sites is 1. The van der Waals surface area contributed by atoms with Crippen molar-refractivity contribution in [3.05, 3.63) is 126 Å². The van der Waals surface area contributed by atoms with E-state index in [1.54, 1.807) is 60.5 Å². The Kier molecular flexibility index (Phi) is 7.35. The minimum Gasteiger partial charge on any atom is -0.493 e. The van der Waals surface area contributed by atoms with Crippen molar-refractivity contribution in [3.8, 4) is 5.75 Å². The van der Waals surface area contributed by atoms with Gasteiger partial charge in [0.25, 0.3) is 11.8 Å². The maximum Gasteiger partial charge on any atom is 0.258 e. The molecule has 0 aromatic heterocycles. The molecule has 5 heteroatoms. The minimum atomic E-state index is -0.253. The Morgan fingerprint density at radius 2 is 1.44 bits per heavy atom. The van der Waals surface area contributed by atoms with E-state index in [2.05, 4.69) is 17.4 Å². The van der Waals surface area contributed by atoms with Gasteiger partial charge >= 0.3 is 0 Å². The Labute approximate surface area is 199 Å². The summed E-state index contributed by atoms with van der Waals surface area (Å²) >= 11 is 0. The van der Waals surface area contributed by atoms with Crippen molar-refractivity contribution >= 4 is 23.2 Å². The van der Waals surface area contributed by atoms with Gasteiger partial charge in [0, 0.05) is 36.0 Å². The number of ether oxygens (including phenoxy) is 1. The summed E-state index contributed by atoms with van der Waals surface area (Å²) < 4.78 is 5.79. The molecule has 0 bridgehead atoms. The van der Waals surface area contributed by atoms with Crippen LogP contribution in [0.25, 0.3) is 0 Å². The second-order valence-corrected chi connectivity index (χ2v) is 7.84. The average Bonchev–Trinajstić information content (AvgIpc) is 2.89. The van der Waals surface area contributed by atoms with Crippen molar-refractivity contribution in [2.24, 2.45) is 0 Å². The Balaban J connectivity index is 1.35. The van der Waals surface area contributed by atoms with E-state index < -0.39 is 0 Å². The monoisotopic (exact) mass is 450 g/mol. The number of amides is 2. The number of hydrogen-bond donors (Lipinski definition) is 1. The molecule has 0 heterocycles. The predicted molar refractivity (Wildman–Crippen MR) is 136 cm³/mol. The highest BCUT2D eigenvalue weighted by molar-refractivity contribution is 6.08. The molecule has 0 atom stereocenters. The van der Waals surface area contributed by atoms with Gasteiger partial charge in [-0.15, -0.1) is 0 Å². The molecule has 4 aromatic rings. The van der Waals surface area contributed by atoms with Gasteiger partial charge in [0.15, 0.2) is 0 Å². The van der Waals surface area contributed by atoms with E-state index in [0.29, 0.717) is 29.2 Å². The maximum absolute atomic E-state index is 12.9. The summed E-state index contributed by atoms with van der Waals surface area (Å²) in [5, 5.41) is 2.87. The molecule has 0 fully saturated rings. The van der Waals surface area contributed by atoms with Crippen LogP contribution in [0.3, 0.4) is 0 Å². The van der Waals surface area contributed by atoms with Crippen LogP contribution in [0.5, 0.6) is 5.75 Å². The van der Waals surface area contributed by atoms with Gasteiger partial charge in [0.05, 0.1) is 6.61 Å². The molecule has 1 N–H and O–H groups in total. The molecule has 2 amide bonds. The van der Waals surface area contributed by atoms with Gasteiger partial charge in [0.1, 0.15) is 5.75 Å². The molecule has 0 unspecified atom stereocenters. The zero-order valence-electron chi connectivity index (χ0n) is 19.0. The highest BCUT2D eigenvalue weighted by Crippen LogP contribution is 2.19. The van der Waals surface area contributed by atoms with Crippen LogP contribution in [0.1, 0.15) is 26.3 Å². The van der Waals surface area contributed by atoms with E-state index in [0.717, 1.165) is 12.1 Å². The first-order valence-electron chi connectivity index (χ1n) is 11.1. The number of hydrogen-bond acceptors (Lipinski definition) is 3. The number of anilines is 2. The largest absolute Gasteiger partial charge is 0.493 e. The van der Waals surface area contributed by atoms with Crippen LogP contribution in [0.15, 0.2) is 109 Å². The number of carbonyl (C=O) groups excluding carboxylic acids is 2. The lowest BCUT2D eigenvalue weighted by Crippen LogP contribution is -2.26. The molecule has 4 rings (SSSR count). The molecule has 4 aromatic carbocycles. The maximum atomic E-state index is 12.9. The van der Waals surface area contributed by atoms with E-state index in [1.165, 1.54) is 5.56 Å². The van der Waals surface area contributed by atoms with Crippen LogP contribution in [-0.2, 0) is 6.42 Å². The summed E-state index contributed by atoms with van der Waals surface area (Å²) in [5.41, 5.74) is 3.57. The van der Waals surface area contributed by atoms with Crippen molar-refractivity contribution in [3.63, 3.8) is 0 Å². The van der Waals surface area contributed by atoms with Crippen LogP contribution >= 0.6 is 0 Å². The SMILES string of the molecule is CN(C(=O)c1cccc(NC(=O)c2ccc(OCCc3ccccc3)cc2)c1)c1ccccc1. The molecule has 0 aliphatic rings. The van der Waals surface area contributed by atoms with E-state index in [9.17, 15) is 9.59 Å². The normalized spacial score (nSPS) is 10.4. The van der Waals surface area contributed by atoms with Crippen molar-refractivity contribution in [2.75, 3.05) is 23.9 Å². The lowest BCUT2D eigenvalue weighted by Gasteiger charge is -2.17. The standard InChI is InChI=1S/C29H26N2O3/c1-31(26-13-6-3-7-14-26)29(33)24-11-8-12-25(21-24)30-28(32)23-15-17-27(18-16-23)34-20-19-22-9-4-2-5-10-22/h2-18,21H,19-20H2,1H3,(H,30,32). The lowest BCUT2D eigenvalue weighted by molar-refractivity contribution is 0.0990. The summed E-state index contributed by atoms with van der Waals surface area (Å²) in [6.45, 7) is 0.563. The van der Waals surface area contributed by atoms with Gasteiger partial charge < -0.3 is 15.0 Å². The van der Waals surface area contributed by atoms with Crippen LogP contribution in [0.4, 0.5) is 11.4 Å². The number of rotatable bonds is 8. The fourth-order valence-corrected chi connectivity index (χ4v) is 3.53. The fourth-order valence-electron chi connectivity index (χ4n) is 3.53. The molecule has 0 saturated carbocycles. The summed E-state index contributed by atoms with van der Waals surface area (Å²) in [6.07, 6.45) is 0.817. The van der Waals surface area contributed by atoms with Crippen LogP contribution in [-0.4, -0.2) is 25.5 Å². The first-order chi connectivity index (χ1) is 16.6. The highest BCUT2D eigenvalue weighted by atomic mass is 16.5. The summed E-state index contributed by atoms with van der Waals surface area (Å²) in [7, 11) is 1.73. The smallest absolute Gasteiger partial charge is 0.258 e. The van der Waals surface area contributed by atoms with Gasteiger partial charge in [-0.2, -0.15) is 0 Å². The summed E-state index contributed by atoms with van der Waals surface area (Å²) in [5.74, 6) is 0.306. The van der Waals surface area contributed by atoms with E-state index in [1.807, 2.05) is 48.5 Å². The molecular weight excluding hydrogens is 424 g/mol. The van der Waals surface area contributed by atoms with Gasteiger partial charge in [-0.3, -0.25) is 9.59 Å². The number of carbonyl (C=O) groups is 2. The molecule has 0 spiro atoms. The third kappa shape index (κ3) is 5.90. The highest BCUT2D eigenvalue weighted by Gasteiger charge is 2.14. The summed E-state index contributed by atoms with van der Waals surface area (Å²) in [6, 6.07) is 33.5. The molecular formula is C29H26N2O3. The van der Waals surface area contributed by atoms with Gasteiger partial charge in [-0.05, 0) is 60.2 Å². The van der Waals surface area contributed by atoms with Gasteiger partial charge in [-0.1, -0.05) is 54.6 Å². The quantitative estimate of drug-likeness (QED) is 0.367. The predicted octanol–water partition coefficient (Wildman–Crippen LogP) is 5.84. The number of nitrogens with zero attached hydrogens (tertiary/aromatic N) is 1. The Bertz CT molecular complexity index is 1240. The second-order valence-electron chi connectivity index (χ2n) is 7.84. The van der Waals surface area contributed by atoms with E-state index in [-0.39, 0.29) is 11.8 Å². The first kappa shape index (κ1) is 22.8. The molecule has 34 heavy (non-hydrogen) atoms. The minimum absolute atomic E-state index is 0.153. The first-order valence-corrected chi connectivity index (χ1v) is 11.1. The topological polar surface area (TPSA) is 58.6 Å². The van der Waals surface area contributed by atoms with Crippen molar-refractivity contribution in [1.29, 1.82) is 0 Å². The van der Waals surface area contributed by atoms with Crippen LogP contribution in [0, 0.1) is 0 Å². The van der Waals surface area contributed by atoms with Gasteiger partial charge in [-0.25, -0.2) is 0 Å². The zero-order valence-corrected chi connectivity index (χ0v) is 19.0. The molecule has 0 saturated heterocycles. The molecule has 0 radical (unpaired) electrons. The van der Waals surface area contributed by atoms with Crippen molar-refractivity contribution in [1.82, 2.24) is 0 Å². The van der Waals surface area contributed by atoms with Crippen molar-refractivity contribution < 1.29 is 14.3 Å². The third-order valence-electron chi connectivity index (χ3n) is 5.43. The molecule has 170 valence electrons. The van der Waals surface area contributed by atoms with E-state index >= 15 is 0 Å². The second kappa shape index (κ2) is 11.0. The fraction of sp³-hybridized carbons (Fsp3) is 0.103. The van der Waals surface area contributed by atoms with Crippen molar-refractivity contribution in [2.45, 2.75) is 6.42 Å². The third-order valence-corrected chi connectivity index (χ3v) is 5.43. The van der Waals surface area contributed by atoms with Gasteiger partial charge in [0.2, 0.25) is 0 Å². The zero-order chi connectivity index (χ0) is 23.8. The van der Waals surface area contributed by atoms with Crippen LogP contribution < -0.4 is 15.0 Å².